The van der Waals surface area contributed by atoms with E-state index in [2.05, 4.69) is 44.2 Å². The lowest BCUT2D eigenvalue weighted by molar-refractivity contribution is 0.947. The molecule has 0 aliphatic heterocycles. The van der Waals surface area contributed by atoms with Crippen LogP contribution in [-0.4, -0.2) is 21.5 Å². The maximum Gasteiger partial charge on any atom is 0.163 e. The second kappa shape index (κ2) is 5.87. The Morgan fingerprint density at radius 3 is 2.80 bits per heavy atom. The molecule has 1 N–H and O–H groups in total. The Morgan fingerprint density at radius 2 is 2.10 bits per heavy atom. The zero-order valence-corrected chi connectivity index (χ0v) is 13.0. The summed E-state index contributed by atoms with van der Waals surface area (Å²) in [6, 6.07) is 4.09. The van der Waals surface area contributed by atoms with E-state index in [1.54, 1.807) is 12.4 Å². The van der Waals surface area contributed by atoms with Gasteiger partial charge >= 0.3 is 0 Å². The van der Waals surface area contributed by atoms with Gasteiger partial charge in [-0.25, -0.2) is 9.97 Å². The Balaban J connectivity index is 1.98. The third-order valence-corrected chi connectivity index (χ3v) is 3.69. The number of hydrogen-bond donors (Lipinski definition) is 1. The molecule has 1 aliphatic carbocycles. The lowest BCUT2D eigenvalue weighted by Crippen LogP contribution is -2.05. The quantitative estimate of drug-likeness (QED) is 0.898. The van der Waals surface area contributed by atoms with Crippen LogP contribution in [0.4, 0.5) is 5.82 Å². The van der Waals surface area contributed by atoms with E-state index in [0.29, 0.717) is 5.92 Å². The molecule has 0 saturated heterocycles. The first-order valence-electron chi connectivity index (χ1n) is 7.00. The predicted octanol–water partition coefficient (Wildman–Crippen LogP) is 4.00. The molecule has 2 aromatic heterocycles. The fourth-order valence-electron chi connectivity index (χ4n) is 2.06. The molecule has 2 heterocycles. The van der Waals surface area contributed by atoms with Crippen LogP contribution in [0.15, 0.2) is 29.0 Å². The van der Waals surface area contributed by atoms with Gasteiger partial charge in [0.2, 0.25) is 0 Å². The predicted molar refractivity (Wildman–Crippen MR) is 83.7 cm³/mol. The largest absolute Gasteiger partial charge is 0.370 e. The molecule has 20 heavy (non-hydrogen) atoms. The van der Waals surface area contributed by atoms with Gasteiger partial charge in [0.1, 0.15) is 5.82 Å². The van der Waals surface area contributed by atoms with Crippen molar-refractivity contribution in [3.63, 3.8) is 0 Å². The normalized spacial score (nSPS) is 14.3. The van der Waals surface area contributed by atoms with Crippen LogP contribution >= 0.6 is 15.9 Å². The monoisotopic (exact) mass is 332 g/mol. The van der Waals surface area contributed by atoms with Crippen LogP contribution in [0.25, 0.3) is 11.4 Å². The third-order valence-electron chi connectivity index (χ3n) is 3.26. The first-order valence-corrected chi connectivity index (χ1v) is 7.79. The molecule has 4 nitrogen and oxygen atoms in total. The highest BCUT2D eigenvalue weighted by molar-refractivity contribution is 9.10. The van der Waals surface area contributed by atoms with E-state index >= 15 is 0 Å². The van der Waals surface area contributed by atoms with Crippen LogP contribution in [0.3, 0.4) is 0 Å². The van der Waals surface area contributed by atoms with Gasteiger partial charge in [0.05, 0.1) is 0 Å². The summed E-state index contributed by atoms with van der Waals surface area (Å²) in [7, 11) is 0. The Bertz CT molecular complexity index is 611. The summed E-state index contributed by atoms with van der Waals surface area (Å²) in [6.07, 6.45) is 7.13. The van der Waals surface area contributed by atoms with Gasteiger partial charge in [0.25, 0.3) is 0 Å². The number of anilines is 1. The van der Waals surface area contributed by atoms with Crippen LogP contribution in [-0.2, 0) is 0 Å². The van der Waals surface area contributed by atoms with E-state index in [1.807, 2.05) is 6.07 Å². The van der Waals surface area contributed by atoms with Crippen LogP contribution in [0.1, 0.15) is 37.8 Å². The zero-order valence-electron chi connectivity index (χ0n) is 11.4. The van der Waals surface area contributed by atoms with Crippen LogP contribution in [0, 0.1) is 0 Å². The number of pyridine rings is 1. The summed E-state index contributed by atoms with van der Waals surface area (Å²) in [5, 5.41) is 3.36. The van der Waals surface area contributed by atoms with Gasteiger partial charge in [0, 0.05) is 46.7 Å². The molecule has 2 aromatic rings. The Hall–Kier alpha value is -1.49. The standard InChI is InChI=1S/C15H17BrN4/c1-2-5-18-14-7-13(10-3-4-10)19-15(20-14)11-6-12(16)9-17-8-11/h6-10H,2-5H2,1H3,(H,18,19,20). The van der Waals surface area contributed by atoms with Crippen molar-refractivity contribution >= 4 is 21.7 Å². The van der Waals surface area contributed by atoms with E-state index in [-0.39, 0.29) is 0 Å². The van der Waals surface area contributed by atoms with E-state index in [4.69, 9.17) is 4.98 Å². The minimum Gasteiger partial charge on any atom is -0.370 e. The summed E-state index contributed by atoms with van der Waals surface area (Å²) < 4.78 is 0.943. The highest BCUT2D eigenvalue weighted by atomic mass is 79.9. The highest BCUT2D eigenvalue weighted by Crippen LogP contribution is 2.40. The summed E-state index contributed by atoms with van der Waals surface area (Å²) in [4.78, 5) is 13.5. The number of aromatic nitrogens is 3. The van der Waals surface area contributed by atoms with Crippen LogP contribution < -0.4 is 5.32 Å². The van der Waals surface area contributed by atoms with Gasteiger partial charge in [-0.1, -0.05) is 6.92 Å². The molecule has 0 bridgehead atoms. The van der Waals surface area contributed by atoms with Crippen LogP contribution in [0.2, 0.25) is 0 Å². The molecule has 0 aromatic carbocycles. The number of nitrogens with zero attached hydrogens (tertiary/aromatic N) is 3. The number of halogens is 1. The molecule has 3 rings (SSSR count). The van der Waals surface area contributed by atoms with E-state index in [9.17, 15) is 0 Å². The van der Waals surface area contributed by atoms with Crippen LogP contribution in [0.5, 0.6) is 0 Å². The summed E-state index contributed by atoms with van der Waals surface area (Å²) in [6.45, 7) is 3.08. The minimum atomic E-state index is 0.610. The number of rotatable bonds is 5. The average molecular weight is 333 g/mol. The Kier molecular flexibility index (Phi) is 3.96. The molecule has 1 fully saturated rings. The second-order valence-corrected chi connectivity index (χ2v) is 6.01. The maximum atomic E-state index is 4.70. The van der Waals surface area contributed by atoms with Gasteiger partial charge in [-0.3, -0.25) is 4.98 Å². The van der Waals surface area contributed by atoms with Crippen molar-refractivity contribution in [3.05, 3.63) is 34.7 Å². The second-order valence-electron chi connectivity index (χ2n) is 5.09. The maximum absolute atomic E-state index is 4.70. The number of nitrogens with one attached hydrogen (secondary N) is 1. The van der Waals surface area contributed by atoms with Gasteiger partial charge in [-0.15, -0.1) is 0 Å². The van der Waals surface area contributed by atoms with Crippen molar-refractivity contribution in [2.45, 2.75) is 32.1 Å². The van der Waals surface area contributed by atoms with Gasteiger partial charge in [-0.2, -0.15) is 0 Å². The fourth-order valence-corrected chi connectivity index (χ4v) is 2.43. The van der Waals surface area contributed by atoms with Crippen molar-refractivity contribution in [1.29, 1.82) is 0 Å². The van der Waals surface area contributed by atoms with Crippen molar-refractivity contribution in [1.82, 2.24) is 15.0 Å². The van der Waals surface area contributed by atoms with Gasteiger partial charge < -0.3 is 5.32 Å². The first-order chi connectivity index (χ1) is 9.76. The zero-order chi connectivity index (χ0) is 13.9. The van der Waals surface area contributed by atoms with Gasteiger partial charge in [0.15, 0.2) is 5.82 Å². The summed E-state index contributed by atoms with van der Waals surface area (Å²) >= 11 is 3.45. The SMILES string of the molecule is CCCNc1cc(C2CC2)nc(-c2cncc(Br)c2)n1. The molecule has 1 aliphatic rings. The average Bonchev–Trinajstić information content (AvgIpc) is 3.29. The third kappa shape index (κ3) is 3.15. The van der Waals surface area contributed by atoms with E-state index < -0.39 is 0 Å². The topological polar surface area (TPSA) is 50.7 Å². The van der Waals surface area contributed by atoms with E-state index in [0.717, 1.165) is 40.3 Å². The summed E-state index contributed by atoms with van der Waals surface area (Å²) in [5.41, 5.74) is 2.09. The smallest absolute Gasteiger partial charge is 0.163 e. The highest BCUT2D eigenvalue weighted by Gasteiger charge is 2.26. The van der Waals surface area contributed by atoms with Crippen molar-refractivity contribution in [2.75, 3.05) is 11.9 Å². The molecular weight excluding hydrogens is 316 g/mol. The van der Waals surface area contributed by atoms with Crippen molar-refractivity contribution < 1.29 is 0 Å². The molecule has 0 amide bonds. The van der Waals surface area contributed by atoms with Crippen molar-refractivity contribution in [3.8, 4) is 11.4 Å². The molecule has 5 heteroatoms. The Labute approximate surface area is 127 Å². The number of hydrogen-bond acceptors (Lipinski definition) is 4. The molecule has 0 atom stereocenters. The lowest BCUT2D eigenvalue weighted by Gasteiger charge is -2.09. The molecule has 1 saturated carbocycles. The Morgan fingerprint density at radius 1 is 1.25 bits per heavy atom. The molecule has 0 radical (unpaired) electrons. The van der Waals surface area contributed by atoms with Crippen molar-refractivity contribution in [2.24, 2.45) is 0 Å². The molecule has 104 valence electrons. The molecule has 0 spiro atoms. The van der Waals surface area contributed by atoms with Gasteiger partial charge in [-0.05, 0) is 41.3 Å². The molecular formula is C15H17BrN4. The first kappa shape index (κ1) is 13.5. The fraction of sp³-hybridized carbons (Fsp3) is 0.400. The molecule has 0 unspecified atom stereocenters. The summed E-state index contributed by atoms with van der Waals surface area (Å²) in [5.74, 6) is 2.28. The minimum absolute atomic E-state index is 0.610. The van der Waals surface area contributed by atoms with E-state index in [1.165, 1.54) is 12.8 Å². The lowest BCUT2D eigenvalue weighted by atomic mass is 10.2.